The maximum atomic E-state index is 9.41. The van der Waals surface area contributed by atoms with Gasteiger partial charge in [-0.3, -0.25) is 5.32 Å². The van der Waals surface area contributed by atoms with Crippen molar-refractivity contribution in [1.82, 2.24) is 10.2 Å². The molecule has 0 spiro atoms. The molecule has 1 aliphatic heterocycles. The van der Waals surface area contributed by atoms with E-state index in [1.54, 1.807) is 0 Å². The molecule has 0 aliphatic carbocycles. The predicted octanol–water partition coefficient (Wildman–Crippen LogP) is 3.17. The number of nitrogens with one attached hydrogen (secondary N) is 1. The Kier molecular flexibility index (Phi) is 6.82. The molecule has 110 valence electrons. The zero-order valence-corrected chi connectivity index (χ0v) is 13.2. The van der Waals surface area contributed by atoms with Crippen LogP contribution in [0.2, 0.25) is 0 Å². The molecule has 3 atom stereocenters. The predicted molar refractivity (Wildman–Crippen MR) is 81.0 cm³/mol. The molecular formula is C16H31N3. The molecule has 3 heteroatoms. The average Bonchev–Trinajstić information content (AvgIpc) is 2.42. The van der Waals surface area contributed by atoms with Crippen molar-refractivity contribution in [2.75, 3.05) is 19.6 Å². The molecular weight excluding hydrogens is 234 g/mol. The summed E-state index contributed by atoms with van der Waals surface area (Å²) >= 11 is 0. The second-order valence-corrected chi connectivity index (χ2v) is 6.08. The number of nitriles is 1. The van der Waals surface area contributed by atoms with Crippen molar-refractivity contribution in [2.45, 2.75) is 71.4 Å². The molecule has 3 unspecified atom stereocenters. The van der Waals surface area contributed by atoms with E-state index in [2.05, 4.69) is 44.0 Å². The first-order valence-corrected chi connectivity index (χ1v) is 7.99. The lowest BCUT2D eigenvalue weighted by molar-refractivity contribution is 0.109. The summed E-state index contributed by atoms with van der Waals surface area (Å²) < 4.78 is 0. The van der Waals surface area contributed by atoms with Crippen molar-refractivity contribution in [3.05, 3.63) is 0 Å². The summed E-state index contributed by atoms with van der Waals surface area (Å²) in [5.41, 5.74) is -0.306. The molecule has 1 rings (SSSR count). The number of hydrogen-bond acceptors (Lipinski definition) is 3. The Balaban J connectivity index is 2.42. The molecule has 3 nitrogen and oxygen atoms in total. The molecule has 1 N–H and O–H groups in total. The van der Waals surface area contributed by atoms with E-state index >= 15 is 0 Å². The number of hydrogen-bond donors (Lipinski definition) is 1. The van der Waals surface area contributed by atoms with E-state index in [0.717, 1.165) is 38.3 Å². The van der Waals surface area contributed by atoms with Gasteiger partial charge in [-0.25, -0.2) is 0 Å². The second-order valence-electron chi connectivity index (χ2n) is 6.08. The van der Waals surface area contributed by atoms with Crippen LogP contribution < -0.4 is 5.32 Å². The molecule has 1 fully saturated rings. The van der Waals surface area contributed by atoms with Gasteiger partial charge in [0.15, 0.2) is 0 Å². The van der Waals surface area contributed by atoms with Crippen molar-refractivity contribution in [2.24, 2.45) is 5.92 Å². The highest BCUT2D eigenvalue weighted by Gasteiger charge is 2.28. The lowest BCUT2D eigenvalue weighted by Gasteiger charge is -2.38. The van der Waals surface area contributed by atoms with Gasteiger partial charge in [0.05, 0.1) is 6.07 Å². The van der Waals surface area contributed by atoms with E-state index in [1.807, 2.05) is 0 Å². The van der Waals surface area contributed by atoms with Crippen LogP contribution in [0.5, 0.6) is 0 Å². The van der Waals surface area contributed by atoms with E-state index < -0.39 is 0 Å². The first kappa shape index (κ1) is 16.5. The van der Waals surface area contributed by atoms with Gasteiger partial charge < -0.3 is 4.90 Å². The highest BCUT2D eigenvalue weighted by atomic mass is 15.2. The van der Waals surface area contributed by atoms with Gasteiger partial charge in [-0.05, 0) is 64.6 Å². The SMILES string of the molecule is CCNC(C#N)(CC)CCCN1CCCC(C)C1C. The maximum absolute atomic E-state index is 9.41. The van der Waals surface area contributed by atoms with Crippen LogP contribution in [-0.2, 0) is 0 Å². The zero-order chi connectivity index (χ0) is 14.3. The van der Waals surface area contributed by atoms with Gasteiger partial charge >= 0.3 is 0 Å². The molecule has 19 heavy (non-hydrogen) atoms. The smallest absolute Gasteiger partial charge is 0.106 e. The Hall–Kier alpha value is -0.590. The van der Waals surface area contributed by atoms with E-state index in [4.69, 9.17) is 0 Å². The lowest BCUT2D eigenvalue weighted by Crippen LogP contribution is -2.46. The minimum absolute atomic E-state index is 0.306. The van der Waals surface area contributed by atoms with Gasteiger partial charge in [-0.2, -0.15) is 5.26 Å². The van der Waals surface area contributed by atoms with Crippen LogP contribution in [0.15, 0.2) is 0 Å². The Bertz CT molecular complexity index is 297. The first-order valence-electron chi connectivity index (χ1n) is 7.99. The van der Waals surface area contributed by atoms with E-state index in [9.17, 15) is 5.26 Å². The summed E-state index contributed by atoms with van der Waals surface area (Å²) in [6.07, 6.45) is 5.67. The van der Waals surface area contributed by atoms with Crippen LogP contribution in [0.25, 0.3) is 0 Å². The zero-order valence-electron chi connectivity index (χ0n) is 13.2. The third-order valence-electron chi connectivity index (χ3n) is 4.89. The van der Waals surface area contributed by atoms with Crippen molar-refractivity contribution < 1.29 is 0 Å². The largest absolute Gasteiger partial charge is 0.300 e. The summed E-state index contributed by atoms with van der Waals surface area (Å²) in [7, 11) is 0. The molecule has 1 aliphatic rings. The van der Waals surface area contributed by atoms with E-state index in [-0.39, 0.29) is 5.54 Å². The summed E-state index contributed by atoms with van der Waals surface area (Å²) in [6, 6.07) is 3.19. The number of piperidine rings is 1. The maximum Gasteiger partial charge on any atom is 0.106 e. The molecule has 1 heterocycles. The van der Waals surface area contributed by atoms with Crippen LogP contribution >= 0.6 is 0 Å². The highest BCUT2D eigenvalue weighted by Crippen LogP contribution is 2.24. The number of likely N-dealkylation sites (tertiary alicyclic amines) is 1. The fourth-order valence-electron chi connectivity index (χ4n) is 3.22. The summed E-state index contributed by atoms with van der Waals surface area (Å²) in [5, 5.41) is 12.8. The molecule has 0 aromatic rings. The highest BCUT2D eigenvalue weighted by molar-refractivity contribution is 5.06. The molecule has 0 radical (unpaired) electrons. The molecule has 0 amide bonds. The summed E-state index contributed by atoms with van der Waals surface area (Å²) in [5.74, 6) is 0.814. The van der Waals surface area contributed by atoms with Crippen molar-refractivity contribution in [1.29, 1.82) is 5.26 Å². The Morgan fingerprint density at radius 1 is 1.37 bits per heavy atom. The van der Waals surface area contributed by atoms with Crippen LogP contribution in [0.1, 0.15) is 59.8 Å². The van der Waals surface area contributed by atoms with Crippen molar-refractivity contribution >= 4 is 0 Å². The lowest BCUT2D eigenvalue weighted by atomic mass is 9.89. The van der Waals surface area contributed by atoms with Crippen LogP contribution in [0, 0.1) is 17.2 Å². The van der Waals surface area contributed by atoms with Crippen LogP contribution in [0.3, 0.4) is 0 Å². The fraction of sp³-hybridized carbons (Fsp3) is 0.938. The Labute approximate surface area is 119 Å². The standard InChI is InChI=1S/C16H31N3/c1-5-16(13-17,18-6-2)10-8-12-19-11-7-9-14(3)15(19)4/h14-15,18H,5-12H2,1-4H3. The topological polar surface area (TPSA) is 39.1 Å². The second kappa shape index (κ2) is 7.87. The Morgan fingerprint density at radius 3 is 2.68 bits per heavy atom. The van der Waals surface area contributed by atoms with Gasteiger partial charge in [0.25, 0.3) is 0 Å². The number of nitrogens with zero attached hydrogens (tertiary/aromatic N) is 2. The van der Waals surface area contributed by atoms with Crippen LogP contribution in [-0.4, -0.2) is 36.1 Å². The van der Waals surface area contributed by atoms with E-state index in [0.29, 0.717) is 6.04 Å². The van der Waals surface area contributed by atoms with Gasteiger partial charge in [-0.1, -0.05) is 20.8 Å². The van der Waals surface area contributed by atoms with Gasteiger partial charge in [0, 0.05) is 6.04 Å². The Morgan fingerprint density at radius 2 is 2.11 bits per heavy atom. The van der Waals surface area contributed by atoms with Crippen molar-refractivity contribution in [3.8, 4) is 6.07 Å². The number of rotatable bonds is 7. The van der Waals surface area contributed by atoms with Crippen LogP contribution in [0.4, 0.5) is 0 Å². The summed E-state index contributed by atoms with van der Waals surface area (Å²) in [6.45, 7) is 12.2. The molecule has 0 aromatic carbocycles. The normalized spacial score (nSPS) is 27.7. The minimum atomic E-state index is -0.306. The van der Waals surface area contributed by atoms with E-state index in [1.165, 1.54) is 19.4 Å². The average molecular weight is 265 g/mol. The first-order chi connectivity index (χ1) is 9.08. The van der Waals surface area contributed by atoms with Gasteiger partial charge in [0.1, 0.15) is 5.54 Å². The third-order valence-corrected chi connectivity index (χ3v) is 4.89. The molecule has 0 saturated carbocycles. The molecule has 1 saturated heterocycles. The molecule has 0 aromatic heterocycles. The quantitative estimate of drug-likeness (QED) is 0.768. The summed E-state index contributed by atoms with van der Waals surface area (Å²) in [4.78, 5) is 2.61. The monoisotopic (exact) mass is 265 g/mol. The third kappa shape index (κ3) is 4.47. The van der Waals surface area contributed by atoms with Gasteiger partial charge in [0.2, 0.25) is 0 Å². The fourth-order valence-corrected chi connectivity index (χ4v) is 3.22. The minimum Gasteiger partial charge on any atom is -0.300 e. The van der Waals surface area contributed by atoms with Gasteiger partial charge in [-0.15, -0.1) is 0 Å². The molecule has 0 bridgehead atoms. The van der Waals surface area contributed by atoms with Crippen molar-refractivity contribution in [3.63, 3.8) is 0 Å².